The van der Waals surface area contributed by atoms with Gasteiger partial charge in [-0.15, -0.1) is 0 Å². The zero-order chi connectivity index (χ0) is 19.2. The van der Waals surface area contributed by atoms with E-state index in [4.69, 9.17) is 5.73 Å². The van der Waals surface area contributed by atoms with Crippen molar-refractivity contribution in [3.63, 3.8) is 0 Å². The van der Waals surface area contributed by atoms with Gasteiger partial charge < -0.3 is 5.73 Å². The van der Waals surface area contributed by atoms with Gasteiger partial charge in [-0.25, -0.2) is 0 Å². The molecule has 0 bridgehead atoms. The van der Waals surface area contributed by atoms with Crippen molar-refractivity contribution in [3.8, 4) is 11.1 Å². The average Bonchev–Trinajstić information content (AvgIpc) is 2.43. The molecule has 0 fully saturated rings. The molecular weight excluding hydrogens is 302 g/mol. The maximum atomic E-state index is 6.47. The fraction of sp³-hybridized carbons (Fsp3) is 0.500. The quantitative estimate of drug-likeness (QED) is 0.567. The average molecular weight is 338 g/mol. The lowest BCUT2D eigenvalue weighted by molar-refractivity contribution is 0.569. The van der Waals surface area contributed by atoms with Gasteiger partial charge in [0.15, 0.2) is 0 Å². The summed E-state index contributed by atoms with van der Waals surface area (Å²) < 4.78 is 0. The smallest absolute Gasteiger partial charge is 0.0396 e. The summed E-state index contributed by atoms with van der Waals surface area (Å²) in [4.78, 5) is 0. The molecule has 0 aromatic heterocycles. The predicted molar refractivity (Wildman–Crippen MR) is 112 cm³/mol. The Kier molecular flexibility index (Phi) is 4.85. The highest BCUT2D eigenvalue weighted by molar-refractivity contribution is 5.78. The van der Waals surface area contributed by atoms with Gasteiger partial charge in [-0.2, -0.15) is 0 Å². The molecule has 0 amide bonds. The van der Waals surface area contributed by atoms with E-state index < -0.39 is 0 Å². The van der Waals surface area contributed by atoms with Crippen LogP contribution in [-0.4, -0.2) is 0 Å². The van der Waals surface area contributed by atoms with E-state index in [2.05, 4.69) is 98.7 Å². The molecule has 2 rings (SSSR count). The number of nitrogen functional groups attached to an aromatic ring is 1. The predicted octanol–water partition coefficient (Wildman–Crippen LogP) is 6.83. The fourth-order valence-corrected chi connectivity index (χ4v) is 2.94. The van der Waals surface area contributed by atoms with Crippen LogP contribution in [0.5, 0.6) is 0 Å². The highest BCUT2D eigenvalue weighted by Crippen LogP contribution is 2.37. The molecule has 0 saturated heterocycles. The first-order valence-corrected chi connectivity index (χ1v) is 9.26. The maximum absolute atomic E-state index is 6.47. The summed E-state index contributed by atoms with van der Waals surface area (Å²) in [7, 11) is 0. The van der Waals surface area contributed by atoms with Crippen LogP contribution in [0.3, 0.4) is 0 Å². The van der Waals surface area contributed by atoms with Crippen LogP contribution >= 0.6 is 0 Å². The van der Waals surface area contributed by atoms with Gasteiger partial charge in [0.05, 0.1) is 0 Å². The van der Waals surface area contributed by atoms with Gasteiger partial charge in [0.2, 0.25) is 0 Å². The molecule has 0 atom stereocenters. The third-order valence-electron chi connectivity index (χ3n) is 4.89. The highest BCUT2D eigenvalue weighted by atomic mass is 14.6. The summed E-state index contributed by atoms with van der Waals surface area (Å²) in [6.07, 6.45) is 0. The number of anilines is 1. The lowest BCUT2D eigenvalue weighted by Crippen LogP contribution is -2.16. The second-order valence-corrected chi connectivity index (χ2v) is 10.4. The third kappa shape index (κ3) is 4.45. The molecule has 1 heteroatoms. The van der Waals surface area contributed by atoms with Crippen molar-refractivity contribution >= 4 is 5.69 Å². The molecule has 0 aliphatic rings. The molecule has 0 heterocycles. The highest BCUT2D eigenvalue weighted by Gasteiger charge is 2.22. The molecular formula is C24H35N. The minimum atomic E-state index is 0.107. The van der Waals surface area contributed by atoms with Crippen LogP contribution in [0.4, 0.5) is 5.69 Å². The molecule has 1 nitrogen and oxygen atoms in total. The number of benzene rings is 2. The van der Waals surface area contributed by atoms with Gasteiger partial charge in [0, 0.05) is 11.3 Å². The van der Waals surface area contributed by atoms with E-state index >= 15 is 0 Å². The molecule has 0 spiro atoms. The minimum Gasteiger partial charge on any atom is -0.398 e. The van der Waals surface area contributed by atoms with Crippen LogP contribution in [0.15, 0.2) is 36.4 Å². The van der Waals surface area contributed by atoms with E-state index in [9.17, 15) is 0 Å². The first-order chi connectivity index (χ1) is 11.2. The number of hydrogen-bond donors (Lipinski definition) is 1. The van der Waals surface area contributed by atoms with Crippen molar-refractivity contribution in [3.05, 3.63) is 53.1 Å². The van der Waals surface area contributed by atoms with Crippen LogP contribution in [0.1, 0.15) is 79.0 Å². The van der Waals surface area contributed by atoms with Gasteiger partial charge in [-0.1, -0.05) is 92.6 Å². The van der Waals surface area contributed by atoms with Gasteiger partial charge in [0.25, 0.3) is 0 Å². The van der Waals surface area contributed by atoms with Crippen molar-refractivity contribution < 1.29 is 0 Å². The van der Waals surface area contributed by atoms with Crippen molar-refractivity contribution in [2.24, 2.45) is 0 Å². The second kappa shape index (κ2) is 6.20. The Bertz CT molecular complexity index is 730. The molecule has 2 aromatic rings. The summed E-state index contributed by atoms with van der Waals surface area (Å²) in [5.41, 5.74) is 14.0. The van der Waals surface area contributed by atoms with Crippen LogP contribution < -0.4 is 5.73 Å². The van der Waals surface area contributed by atoms with Crippen molar-refractivity contribution in [2.75, 3.05) is 5.73 Å². The zero-order valence-electron chi connectivity index (χ0n) is 17.5. The Morgan fingerprint density at radius 2 is 1.00 bits per heavy atom. The SMILES string of the molecule is CC(C)(C)c1cc(-c2ccc(C(C)(C)C)cc2N)cc(C(C)(C)C)c1. The Morgan fingerprint density at radius 1 is 0.560 bits per heavy atom. The Balaban J connectivity index is 2.67. The summed E-state index contributed by atoms with van der Waals surface area (Å²) in [5, 5.41) is 0. The van der Waals surface area contributed by atoms with Crippen LogP contribution in [-0.2, 0) is 16.2 Å². The molecule has 0 radical (unpaired) electrons. The number of rotatable bonds is 1. The topological polar surface area (TPSA) is 26.0 Å². The summed E-state index contributed by atoms with van der Waals surface area (Å²) in [5.74, 6) is 0. The van der Waals surface area contributed by atoms with E-state index in [-0.39, 0.29) is 16.2 Å². The Hall–Kier alpha value is -1.76. The fourth-order valence-electron chi connectivity index (χ4n) is 2.94. The van der Waals surface area contributed by atoms with Crippen molar-refractivity contribution in [1.29, 1.82) is 0 Å². The van der Waals surface area contributed by atoms with Crippen LogP contribution in [0.2, 0.25) is 0 Å². The van der Waals surface area contributed by atoms with Gasteiger partial charge in [-0.3, -0.25) is 0 Å². The normalized spacial score (nSPS) is 13.2. The van der Waals surface area contributed by atoms with E-state index in [1.54, 1.807) is 0 Å². The first kappa shape index (κ1) is 19.6. The summed E-state index contributed by atoms with van der Waals surface area (Å²) >= 11 is 0. The largest absolute Gasteiger partial charge is 0.398 e. The molecule has 0 aliphatic carbocycles. The molecule has 0 unspecified atom stereocenters. The second-order valence-electron chi connectivity index (χ2n) is 10.4. The van der Waals surface area contributed by atoms with Crippen molar-refractivity contribution in [2.45, 2.75) is 78.6 Å². The first-order valence-electron chi connectivity index (χ1n) is 9.26. The minimum absolute atomic E-state index is 0.107. The summed E-state index contributed by atoms with van der Waals surface area (Å²) in [6, 6.07) is 13.5. The molecule has 2 aromatic carbocycles. The molecule has 2 N–H and O–H groups in total. The molecule has 25 heavy (non-hydrogen) atoms. The van der Waals surface area contributed by atoms with Gasteiger partial charge in [0.1, 0.15) is 0 Å². The van der Waals surface area contributed by atoms with Gasteiger partial charge >= 0.3 is 0 Å². The summed E-state index contributed by atoms with van der Waals surface area (Å²) in [6.45, 7) is 20.3. The Labute approximate surface area is 154 Å². The lowest BCUT2D eigenvalue weighted by atomic mass is 9.78. The van der Waals surface area contributed by atoms with Crippen LogP contribution in [0.25, 0.3) is 11.1 Å². The van der Waals surface area contributed by atoms with E-state index in [1.165, 1.54) is 22.3 Å². The van der Waals surface area contributed by atoms with Crippen molar-refractivity contribution in [1.82, 2.24) is 0 Å². The van der Waals surface area contributed by atoms with Crippen LogP contribution in [0, 0.1) is 0 Å². The number of hydrogen-bond acceptors (Lipinski definition) is 1. The number of nitrogens with two attached hydrogens (primary N) is 1. The molecule has 0 aliphatic heterocycles. The van der Waals surface area contributed by atoms with Gasteiger partial charge in [-0.05, 0) is 44.6 Å². The molecule has 0 saturated carbocycles. The third-order valence-corrected chi connectivity index (χ3v) is 4.89. The van der Waals surface area contributed by atoms with E-state index in [0.717, 1.165) is 11.3 Å². The Morgan fingerprint density at radius 3 is 1.36 bits per heavy atom. The van der Waals surface area contributed by atoms with E-state index in [0.29, 0.717) is 0 Å². The zero-order valence-corrected chi connectivity index (χ0v) is 17.5. The van der Waals surface area contributed by atoms with E-state index in [1.807, 2.05) is 0 Å². The monoisotopic (exact) mass is 337 g/mol. The molecule has 136 valence electrons. The standard InChI is InChI=1S/C24H35N/c1-22(2,3)17-10-11-20(21(25)15-17)16-12-18(23(4,5)6)14-19(13-16)24(7,8)9/h10-15H,25H2,1-9H3. The maximum Gasteiger partial charge on any atom is 0.0396 e. The lowest BCUT2D eigenvalue weighted by Gasteiger charge is -2.27.